The third-order valence-corrected chi connectivity index (χ3v) is 8.46. The number of hydrogen-bond acceptors (Lipinski definition) is 5. The second-order valence-corrected chi connectivity index (χ2v) is 11.3. The smallest absolute Gasteiger partial charge is 0.369 e. The summed E-state index contributed by atoms with van der Waals surface area (Å²) in [6.45, 7) is 0. The van der Waals surface area contributed by atoms with Crippen molar-refractivity contribution < 1.29 is 53.8 Å². The zero-order chi connectivity index (χ0) is 30.3. The van der Waals surface area contributed by atoms with Crippen LogP contribution in [0, 0.1) is 5.82 Å². The molecule has 1 aliphatic rings. The third-order valence-electron chi connectivity index (χ3n) is 6.58. The summed E-state index contributed by atoms with van der Waals surface area (Å²) in [5.74, 6) is -1.62. The topological polar surface area (TPSA) is 95.0 Å². The summed E-state index contributed by atoms with van der Waals surface area (Å²) in [7, 11) is -1.64. The molecule has 1 atom stereocenters. The molecule has 0 saturated carbocycles. The predicted octanol–water partition coefficient (Wildman–Crippen LogP) is 4.48. The second kappa shape index (κ2) is 11.0. The lowest BCUT2D eigenvalue weighted by atomic mass is 9.87. The van der Waals surface area contributed by atoms with Gasteiger partial charge in [-0.3, -0.25) is 13.9 Å². The van der Waals surface area contributed by atoms with Gasteiger partial charge in [-0.25, -0.2) is 12.8 Å². The maximum atomic E-state index is 13.6. The number of Topliss-reactive ketones (excluding diaryl/α,β-unsaturated/α-hetero) is 1. The van der Waals surface area contributed by atoms with Crippen molar-refractivity contribution in [3.8, 4) is 0 Å². The Morgan fingerprint density at radius 1 is 0.975 bits per heavy atom. The van der Waals surface area contributed by atoms with Crippen molar-refractivity contribution >= 4 is 27.4 Å². The summed E-state index contributed by atoms with van der Waals surface area (Å²) in [5, 5.41) is 9.81. The Morgan fingerprint density at radius 3 is 2.08 bits per heavy atom. The molecule has 1 aliphatic heterocycles. The van der Waals surface area contributed by atoms with Crippen molar-refractivity contribution in [3.05, 3.63) is 59.4 Å². The lowest BCUT2D eigenvalue weighted by Gasteiger charge is -2.39. The molecule has 0 fully saturated rings. The first kappa shape index (κ1) is 31.3. The van der Waals surface area contributed by atoms with E-state index in [1.54, 1.807) is 0 Å². The molecule has 2 aromatic carbocycles. The molecule has 0 saturated heterocycles. The number of aryl methyl sites for hydroxylation is 1. The predicted molar refractivity (Wildman–Crippen MR) is 128 cm³/mol. The highest BCUT2D eigenvalue weighted by atomic mass is 32.2. The molecule has 2 aromatic rings. The van der Waals surface area contributed by atoms with Gasteiger partial charge in [0.2, 0.25) is 5.91 Å². The van der Waals surface area contributed by atoms with E-state index in [1.807, 2.05) is 0 Å². The van der Waals surface area contributed by atoms with E-state index in [2.05, 4.69) is 0 Å². The van der Waals surface area contributed by atoms with Crippen LogP contribution < -0.4 is 4.31 Å². The Labute approximate surface area is 225 Å². The SMILES string of the molecule is CN(C)C(=O)CCC(=O)C[C@@H]1CCc2cc(C(O)(C(F)(F)F)C(F)(F)F)ccc2N1S(=O)(=O)c1ccc(F)cc1. The van der Waals surface area contributed by atoms with Crippen molar-refractivity contribution in [1.29, 1.82) is 0 Å². The van der Waals surface area contributed by atoms with Gasteiger partial charge in [0, 0.05) is 38.9 Å². The molecule has 0 spiro atoms. The van der Waals surface area contributed by atoms with Crippen LogP contribution >= 0.6 is 0 Å². The first-order valence-corrected chi connectivity index (χ1v) is 13.3. The minimum absolute atomic E-state index is 0.156. The zero-order valence-corrected chi connectivity index (χ0v) is 22.0. The third kappa shape index (κ3) is 5.94. The number of benzene rings is 2. The fourth-order valence-corrected chi connectivity index (χ4v) is 6.13. The summed E-state index contributed by atoms with van der Waals surface area (Å²) >= 11 is 0. The van der Waals surface area contributed by atoms with Gasteiger partial charge < -0.3 is 10.0 Å². The Hall–Kier alpha value is -3.20. The number of ketones is 1. The van der Waals surface area contributed by atoms with E-state index in [-0.39, 0.29) is 42.8 Å². The number of hydrogen-bond donors (Lipinski definition) is 1. The summed E-state index contributed by atoms with van der Waals surface area (Å²) in [6, 6.07) is 3.91. The van der Waals surface area contributed by atoms with E-state index in [9.17, 15) is 53.8 Å². The van der Waals surface area contributed by atoms with Crippen LogP contribution in [-0.4, -0.2) is 62.6 Å². The van der Waals surface area contributed by atoms with Crippen molar-refractivity contribution in [2.24, 2.45) is 0 Å². The van der Waals surface area contributed by atoms with Crippen molar-refractivity contribution in [1.82, 2.24) is 4.90 Å². The Balaban J connectivity index is 2.09. The fourth-order valence-electron chi connectivity index (χ4n) is 4.42. The van der Waals surface area contributed by atoms with Gasteiger partial charge in [-0.05, 0) is 48.7 Å². The summed E-state index contributed by atoms with van der Waals surface area (Å²) < 4.78 is 122. The molecule has 40 heavy (non-hydrogen) atoms. The number of rotatable bonds is 8. The average Bonchev–Trinajstić information content (AvgIpc) is 2.84. The van der Waals surface area contributed by atoms with E-state index in [1.165, 1.54) is 19.0 Å². The average molecular weight is 599 g/mol. The lowest BCUT2D eigenvalue weighted by molar-refractivity contribution is -0.376. The van der Waals surface area contributed by atoms with Gasteiger partial charge in [-0.2, -0.15) is 26.3 Å². The summed E-state index contributed by atoms with van der Waals surface area (Å²) in [4.78, 5) is 25.4. The van der Waals surface area contributed by atoms with Crippen LogP contribution in [-0.2, 0) is 31.6 Å². The van der Waals surface area contributed by atoms with Crippen LogP contribution in [0.3, 0.4) is 0 Å². The van der Waals surface area contributed by atoms with E-state index in [4.69, 9.17) is 0 Å². The normalized spacial score (nSPS) is 16.4. The Kier molecular flexibility index (Phi) is 8.61. The summed E-state index contributed by atoms with van der Waals surface area (Å²) in [5.41, 5.74) is -7.32. The number of halogens is 7. The lowest BCUT2D eigenvalue weighted by Crippen LogP contribution is -2.54. The van der Waals surface area contributed by atoms with Crippen LogP contribution in [0.5, 0.6) is 0 Å². The summed E-state index contributed by atoms with van der Waals surface area (Å²) in [6.07, 6.45) is -13.5. The van der Waals surface area contributed by atoms with Gasteiger partial charge >= 0.3 is 12.4 Å². The molecular weight excluding hydrogens is 573 g/mol. The largest absolute Gasteiger partial charge is 0.430 e. The molecule has 3 rings (SSSR count). The quantitative estimate of drug-likeness (QED) is 0.453. The number of sulfonamides is 1. The van der Waals surface area contributed by atoms with Crippen LogP contribution in [0.4, 0.5) is 36.4 Å². The van der Waals surface area contributed by atoms with Gasteiger partial charge in [-0.1, -0.05) is 12.1 Å². The molecule has 220 valence electrons. The molecule has 0 unspecified atom stereocenters. The Bertz CT molecular complexity index is 1360. The number of fused-ring (bicyclic) bond motifs is 1. The van der Waals surface area contributed by atoms with Gasteiger partial charge in [0.1, 0.15) is 11.6 Å². The van der Waals surface area contributed by atoms with Gasteiger partial charge in [0.05, 0.1) is 16.6 Å². The van der Waals surface area contributed by atoms with Gasteiger partial charge in [0.25, 0.3) is 15.6 Å². The molecule has 0 aliphatic carbocycles. The molecule has 1 heterocycles. The number of carbonyl (C=O) groups is 2. The van der Waals surface area contributed by atoms with E-state index < -0.39 is 62.5 Å². The van der Waals surface area contributed by atoms with E-state index >= 15 is 0 Å². The van der Waals surface area contributed by atoms with Crippen LogP contribution in [0.2, 0.25) is 0 Å². The second-order valence-electron chi connectivity index (χ2n) is 9.53. The van der Waals surface area contributed by atoms with Crippen molar-refractivity contribution in [3.63, 3.8) is 0 Å². The van der Waals surface area contributed by atoms with Crippen LogP contribution in [0.25, 0.3) is 0 Å². The van der Waals surface area contributed by atoms with Gasteiger partial charge in [0.15, 0.2) is 0 Å². The zero-order valence-electron chi connectivity index (χ0n) is 21.2. The number of anilines is 1. The molecular formula is C25H25F7N2O5S. The highest BCUT2D eigenvalue weighted by Crippen LogP contribution is 2.51. The number of nitrogens with zero attached hydrogens (tertiary/aromatic N) is 2. The molecule has 7 nitrogen and oxygen atoms in total. The van der Waals surface area contributed by atoms with Gasteiger partial charge in [-0.15, -0.1) is 0 Å². The molecule has 0 bridgehead atoms. The van der Waals surface area contributed by atoms with Crippen molar-refractivity contribution in [2.45, 2.75) is 61.0 Å². The number of aliphatic hydroxyl groups is 1. The van der Waals surface area contributed by atoms with Crippen LogP contribution in [0.1, 0.15) is 36.8 Å². The fraction of sp³-hybridized carbons (Fsp3) is 0.440. The molecule has 15 heteroatoms. The van der Waals surface area contributed by atoms with Crippen molar-refractivity contribution in [2.75, 3.05) is 18.4 Å². The number of alkyl halides is 6. The van der Waals surface area contributed by atoms with Crippen LogP contribution in [0.15, 0.2) is 47.4 Å². The molecule has 0 radical (unpaired) electrons. The standard InChI is InChI=1S/C25H25F7N2O5S/c1-33(2)22(36)12-8-19(35)14-18-7-3-15-13-16(23(37,24(27,28)29)25(30,31)32)4-11-21(15)34(18)40(38,39)20-9-5-17(26)6-10-20/h4-6,9-11,13,18,37H,3,7-8,12,14H2,1-2H3/t18-/m0/s1. The molecule has 1 N–H and O–H groups in total. The monoisotopic (exact) mass is 598 g/mol. The number of amides is 1. The first-order chi connectivity index (χ1) is 18.3. The first-order valence-electron chi connectivity index (χ1n) is 11.8. The highest BCUT2D eigenvalue weighted by Gasteiger charge is 2.71. The van der Waals surface area contributed by atoms with E-state index in [0.29, 0.717) is 18.2 Å². The maximum absolute atomic E-state index is 13.6. The maximum Gasteiger partial charge on any atom is 0.430 e. The highest BCUT2D eigenvalue weighted by molar-refractivity contribution is 7.92. The molecule has 0 aromatic heterocycles. The van der Waals surface area contributed by atoms with E-state index in [0.717, 1.165) is 28.6 Å². The minimum Gasteiger partial charge on any atom is -0.369 e. The molecule has 1 amide bonds. The Morgan fingerprint density at radius 2 is 1.55 bits per heavy atom. The minimum atomic E-state index is -6.15. The number of carbonyl (C=O) groups excluding carboxylic acids is 2.